The minimum Gasteiger partial charge on any atom is -0.339 e. The summed E-state index contributed by atoms with van der Waals surface area (Å²) in [6.45, 7) is 3.81. The lowest BCUT2D eigenvalue weighted by molar-refractivity contribution is -0.137. The Balaban J connectivity index is 2.17. The normalized spacial score (nSPS) is 20.0. The van der Waals surface area contributed by atoms with Crippen LogP contribution in [0.5, 0.6) is 0 Å². The average molecular weight is 391 g/mol. The van der Waals surface area contributed by atoms with Crippen LogP contribution in [0.4, 0.5) is 13.2 Å². The molecule has 146 valence electrons. The molecule has 26 heavy (non-hydrogen) atoms. The third-order valence-corrected chi connectivity index (χ3v) is 6.90. The Labute approximate surface area is 152 Å². The minimum atomic E-state index is -4.54. The van der Waals surface area contributed by atoms with Crippen molar-refractivity contribution in [3.8, 4) is 0 Å². The summed E-state index contributed by atoms with van der Waals surface area (Å²) in [7, 11) is -3.91. The molecule has 1 aliphatic heterocycles. The summed E-state index contributed by atoms with van der Waals surface area (Å²) in [5, 5.41) is -1.27. The van der Waals surface area contributed by atoms with Crippen molar-refractivity contribution in [1.29, 1.82) is 0 Å². The first-order valence-corrected chi connectivity index (χ1v) is 10.5. The number of halogens is 3. The predicted octanol–water partition coefficient (Wildman–Crippen LogP) is 3.80. The molecule has 0 saturated carbocycles. The van der Waals surface area contributed by atoms with Gasteiger partial charge in [-0.15, -0.1) is 0 Å². The van der Waals surface area contributed by atoms with E-state index in [0.29, 0.717) is 6.54 Å². The maximum absolute atomic E-state index is 12.8. The Hall–Kier alpha value is -1.57. The topological polar surface area (TPSA) is 54.5 Å². The van der Waals surface area contributed by atoms with E-state index in [2.05, 4.69) is 0 Å². The summed E-state index contributed by atoms with van der Waals surface area (Å²) in [4.78, 5) is 14.3. The molecule has 2 atom stereocenters. The number of carbonyl (C=O) groups is 1. The molecule has 1 aromatic rings. The molecule has 0 radical (unpaired) electrons. The van der Waals surface area contributed by atoms with Crippen LogP contribution in [0.15, 0.2) is 24.3 Å². The first-order chi connectivity index (χ1) is 12.1. The number of sulfone groups is 1. The number of amides is 1. The molecule has 1 fully saturated rings. The lowest BCUT2D eigenvalue weighted by Crippen LogP contribution is -2.49. The molecule has 0 N–H and O–H groups in total. The second-order valence-corrected chi connectivity index (χ2v) is 9.06. The van der Waals surface area contributed by atoms with E-state index in [1.165, 1.54) is 19.1 Å². The molecule has 0 aliphatic carbocycles. The van der Waals surface area contributed by atoms with Crippen LogP contribution in [0.1, 0.15) is 50.7 Å². The Bertz CT molecular complexity index is 746. The highest BCUT2D eigenvalue weighted by molar-refractivity contribution is 7.92. The Morgan fingerprint density at radius 3 is 2.62 bits per heavy atom. The minimum absolute atomic E-state index is 0.0301. The number of carbonyl (C=O) groups excluding carboxylic acids is 1. The second-order valence-electron chi connectivity index (χ2n) is 6.74. The highest BCUT2D eigenvalue weighted by Crippen LogP contribution is 2.30. The molecular formula is C18H24F3NO3S. The van der Waals surface area contributed by atoms with Gasteiger partial charge in [0.05, 0.1) is 11.3 Å². The fraction of sp³-hybridized carbons (Fsp3) is 0.611. The zero-order chi connectivity index (χ0) is 19.5. The summed E-state index contributed by atoms with van der Waals surface area (Å²) in [6, 6.07) is 4.26. The maximum atomic E-state index is 12.8. The number of hydrogen-bond donors (Lipinski definition) is 0. The van der Waals surface area contributed by atoms with Gasteiger partial charge in [0.25, 0.3) is 0 Å². The maximum Gasteiger partial charge on any atom is 0.416 e. The van der Waals surface area contributed by atoms with Gasteiger partial charge in [0.15, 0.2) is 9.84 Å². The molecule has 1 aromatic carbocycles. The van der Waals surface area contributed by atoms with Gasteiger partial charge in [0, 0.05) is 12.6 Å². The van der Waals surface area contributed by atoms with Crippen molar-refractivity contribution >= 4 is 15.7 Å². The molecule has 1 saturated heterocycles. The Morgan fingerprint density at radius 1 is 1.31 bits per heavy atom. The van der Waals surface area contributed by atoms with E-state index in [4.69, 9.17) is 0 Å². The molecule has 0 aromatic heterocycles. The van der Waals surface area contributed by atoms with E-state index < -0.39 is 38.5 Å². The van der Waals surface area contributed by atoms with E-state index in [1.807, 2.05) is 6.92 Å². The van der Waals surface area contributed by atoms with Crippen LogP contribution < -0.4 is 0 Å². The first kappa shape index (κ1) is 20.7. The summed E-state index contributed by atoms with van der Waals surface area (Å²) in [5.74, 6) is -1.04. The largest absolute Gasteiger partial charge is 0.416 e. The third-order valence-electron chi connectivity index (χ3n) is 4.89. The average Bonchev–Trinajstić information content (AvgIpc) is 2.59. The van der Waals surface area contributed by atoms with Crippen LogP contribution in [0.2, 0.25) is 0 Å². The highest BCUT2D eigenvalue weighted by atomic mass is 32.2. The molecule has 1 amide bonds. The van der Waals surface area contributed by atoms with Crippen molar-refractivity contribution in [1.82, 2.24) is 4.90 Å². The quantitative estimate of drug-likeness (QED) is 0.767. The van der Waals surface area contributed by atoms with Crippen LogP contribution in [-0.4, -0.2) is 37.1 Å². The molecule has 2 unspecified atom stereocenters. The van der Waals surface area contributed by atoms with Gasteiger partial charge in [-0.05, 0) is 44.2 Å². The second kappa shape index (κ2) is 7.98. The zero-order valence-corrected chi connectivity index (χ0v) is 15.7. The number of nitrogens with zero attached hydrogens (tertiary/aromatic N) is 1. The van der Waals surface area contributed by atoms with Crippen molar-refractivity contribution in [2.75, 3.05) is 6.54 Å². The molecular weight excluding hydrogens is 367 g/mol. The highest BCUT2D eigenvalue weighted by Gasteiger charge is 2.36. The molecule has 0 spiro atoms. The van der Waals surface area contributed by atoms with Gasteiger partial charge in [-0.25, -0.2) is 8.42 Å². The van der Waals surface area contributed by atoms with Crippen molar-refractivity contribution in [2.45, 2.75) is 62.8 Å². The fourth-order valence-electron chi connectivity index (χ4n) is 3.30. The van der Waals surface area contributed by atoms with E-state index >= 15 is 0 Å². The van der Waals surface area contributed by atoms with Crippen molar-refractivity contribution < 1.29 is 26.4 Å². The lowest BCUT2D eigenvalue weighted by atomic mass is 10.00. The Kier molecular flexibility index (Phi) is 6.37. The summed E-state index contributed by atoms with van der Waals surface area (Å²) in [6.07, 6.45) is -1.09. The smallest absolute Gasteiger partial charge is 0.339 e. The van der Waals surface area contributed by atoms with Gasteiger partial charge in [0.2, 0.25) is 5.91 Å². The monoisotopic (exact) mass is 391 g/mol. The lowest BCUT2D eigenvalue weighted by Gasteiger charge is -2.36. The molecule has 4 nitrogen and oxygen atoms in total. The van der Waals surface area contributed by atoms with Crippen LogP contribution >= 0.6 is 0 Å². The molecule has 2 rings (SSSR count). The number of rotatable bonds is 5. The van der Waals surface area contributed by atoms with Crippen LogP contribution in [0.3, 0.4) is 0 Å². The molecule has 8 heteroatoms. The van der Waals surface area contributed by atoms with Crippen molar-refractivity contribution in [2.24, 2.45) is 0 Å². The van der Waals surface area contributed by atoms with Gasteiger partial charge in [-0.1, -0.05) is 25.1 Å². The Morgan fingerprint density at radius 2 is 2.00 bits per heavy atom. The number of likely N-dealkylation sites (tertiary alicyclic amines) is 1. The third kappa shape index (κ3) is 4.78. The number of benzene rings is 1. The SMILES string of the molecule is CCC1CCCCN1C(=O)C(C)S(=O)(=O)Cc1cccc(C(F)(F)F)c1. The van der Waals surface area contributed by atoms with E-state index in [9.17, 15) is 26.4 Å². The fourth-order valence-corrected chi connectivity index (χ4v) is 4.63. The van der Waals surface area contributed by atoms with Gasteiger partial charge >= 0.3 is 6.18 Å². The predicted molar refractivity (Wildman–Crippen MR) is 93.2 cm³/mol. The molecule has 1 aliphatic rings. The standard InChI is InChI=1S/C18H24F3NO3S/c1-3-16-9-4-5-10-22(16)17(23)13(2)26(24,25)12-14-7-6-8-15(11-14)18(19,20)21/h6-8,11,13,16H,3-5,9-10,12H2,1-2H3. The van der Waals surface area contributed by atoms with Crippen molar-refractivity contribution in [3.05, 3.63) is 35.4 Å². The van der Waals surface area contributed by atoms with Gasteiger partial charge in [0.1, 0.15) is 5.25 Å². The molecule has 1 heterocycles. The summed E-state index contributed by atoms with van der Waals surface area (Å²) >= 11 is 0. The van der Waals surface area contributed by atoms with Gasteiger partial charge in [-0.3, -0.25) is 4.79 Å². The first-order valence-electron chi connectivity index (χ1n) is 8.74. The number of hydrogen-bond acceptors (Lipinski definition) is 3. The van der Waals surface area contributed by atoms with Gasteiger partial charge < -0.3 is 4.90 Å². The summed E-state index contributed by atoms with van der Waals surface area (Å²) < 4.78 is 63.6. The van der Waals surface area contributed by atoms with Crippen molar-refractivity contribution in [3.63, 3.8) is 0 Å². The van der Waals surface area contributed by atoms with E-state index in [1.54, 1.807) is 4.90 Å². The molecule has 0 bridgehead atoms. The number of alkyl halides is 3. The van der Waals surface area contributed by atoms with E-state index in [0.717, 1.165) is 37.8 Å². The number of piperidine rings is 1. The summed E-state index contributed by atoms with van der Waals surface area (Å²) in [5.41, 5.74) is -0.864. The van der Waals surface area contributed by atoms with Gasteiger partial charge in [-0.2, -0.15) is 13.2 Å². The zero-order valence-electron chi connectivity index (χ0n) is 14.9. The van der Waals surface area contributed by atoms with Crippen LogP contribution in [-0.2, 0) is 26.6 Å². The van der Waals surface area contributed by atoms with Crippen LogP contribution in [0.25, 0.3) is 0 Å². The van der Waals surface area contributed by atoms with E-state index in [-0.39, 0.29) is 11.6 Å². The van der Waals surface area contributed by atoms with Crippen LogP contribution in [0, 0.1) is 0 Å².